The zero-order chi connectivity index (χ0) is 18.1. The van der Waals surface area contributed by atoms with Crippen LogP contribution in [0.15, 0.2) is 36.8 Å². The second-order valence-electron chi connectivity index (χ2n) is 6.14. The maximum Gasteiger partial charge on any atom is 0.272 e. The molecule has 0 atom stereocenters. The van der Waals surface area contributed by atoms with Gasteiger partial charge in [-0.05, 0) is 25.1 Å². The van der Waals surface area contributed by atoms with E-state index in [4.69, 9.17) is 4.74 Å². The number of amides is 1. The van der Waals surface area contributed by atoms with Crippen molar-refractivity contribution >= 4 is 17.5 Å². The van der Waals surface area contributed by atoms with Gasteiger partial charge in [-0.1, -0.05) is 0 Å². The predicted octanol–water partition coefficient (Wildman–Crippen LogP) is 1.40. The van der Waals surface area contributed by atoms with Crippen molar-refractivity contribution in [3.05, 3.63) is 48.2 Å². The first-order valence-electron chi connectivity index (χ1n) is 8.52. The molecule has 4 heterocycles. The summed E-state index contributed by atoms with van der Waals surface area (Å²) in [5.74, 6) is 1.34. The molecule has 0 aliphatic carbocycles. The fraction of sp³-hybridized carbons (Fsp3) is 0.333. The number of aryl methyl sites for hydroxylation is 1. The number of hydrogen-bond donors (Lipinski definition) is 0. The highest BCUT2D eigenvalue weighted by Gasteiger charge is 2.27. The van der Waals surface area contributed by atoms with Gasteiger partial charge in [0.05, 0.1) is 12.8 Å². The first-order valence-corrected chi connectivity index (χ1v) is 8.52. The molecule has 0 saturated carbocycles. The van der Waals surface area contributed by atoms with Gasteiger partial charge in [0.15, 0.2) is 11.4 Å². The molecule has 8 nitrogen and oxygen atoms in total. The lowest BCUT2D eigenvalue weighted by molar-refractivity contribution is 0.0738. The fourth-order valence-corrected chi connectivity index (χ4v) is 3.29. The first-order chi connectivity index (χ1) is 12.7. The number of aromatic nitrogens is 4. The first kappa shape index (κ1) is 16.3. The van der Waals surface area contributed by atoms with E-state index in [2.05, 4.69) is 19.9 Å². The molecule has 1 amide bonds. The third-order valence-electron chi connectivity index (χ3n) is 4.61. The molecule has 0 spiro atoms. The minimum atomic E-state index is -0.0168. The van der Waals surface area contributed by atoms with Crippen molar-refractivity contribution < 1.29 is 9.53 Å². The van der Waals surface area contributed by atoms with Crippen molar-refractivity contribution in [2.24, 2.45) is 0 Å². The summed E-state index contributed by atoms with van der Waals surface area (Å²) in [5, 5.41) is 0. The number of carbonyl (C=O) groups is 1. The van der Waals surface area contributed by atoms with Crippen LogP contribution in [-0.2, 0) is 0 Å². The number of anilines is 1. The van der Waals surface area contributed by atoms with Crippen molar-refractivity contribution in [2.45, 2.75) is 6.92 Å². The molecule has 1 fully saturated rings. The molecule has 3 aromatic heterocycles. The topological polar surface area (TPSA) is 75.9 Å². The number of pyridine rings is 1. The summed E-state index contributed by atoms with van der Waals surface area (Å²) in [4.78, 5) is 30.1. The third-order valence-corrected chi connectivity index (χ3v) is 4.61. The van der Waals surface area contributed by atoms with Gasteiger partial charge in [-0.3, -0.25) is 9.20 Å². The van der Waals surface area contributed by atoms with Gasteiger partial charge < -0.3 is 14.5 Å². The SMILES string of the molecule is COc1cccn2c(C(=O)N3CCN(c4ncccn4)CC3)c(C)nc12. The van der Waals surface area contributed by atoms with Crippen molar-refractivity contribution in [1.29, 1.82) is 0 Å². The van der Waals surface area contributed by atoms with Crippen molar-refractivity contribution in [2.75, 3.05) is 38.2 Å². The summed E-state index contributed by atoms with van der Waals surface area (Å²) >= 11 is 0. The lowest BCUT2D eigenvalue weighted by Gasteiger charge is -2.34. The predicted molar refractivity (Wildman–Crippen MR) is 96.6 cm³/mol. The van der Waals surface area contributed by atoms with Crippen LogP contribution in [0, 0.1) is 6.92 Å². The molecule has 1 aliphatic heterocycles. The van der Waals surface area contributed by atoms with Crippen LogP contribution < -0.4 is 9.64 Å². The Hall–Kier alpha value is -3.16. The highest BCUT2D eigenvalue weighted by Crippen LogP contribution is 2.23. The number of fused-ring (bicyclic) bond motifs is 1. The number of piperazine rings is 1. The van der Waals surface area contributed by atoms with Crippen LogP contribution >= 0.6 is 0 Å². The molecule has 1 saturated heterocycles. The van der Waals surface area contributed by atoms with Gasteiger partial charge in [-0.15, -0.1) is 0 Å². The zero-order valence-corrected chi connectivity index (χ0v) is 14.8. The van der Waals surface area contributed by atoms with Gasteiger partial charge in [0.25, 0.3) is 5.91 Å². The van der Waals surface area contributed by atoms with Gasteiger partial charge in [-0.2, -0.15) is 0 Å². The van der Waals surface area contributed by atoms with Crippen molar-refractivity contribution in [3.8, 4) is 5.75 Å². The van der Waals surface area contributed by atoms with Crippen LogP contribution in [0.25, 0.3) is 5.65 Å². The largest absolute Gasteiger partial charge is 0.493 e. The average Bonchev–Trinajstić information content (AvgIpc) is 3.04. The number of nitrogens with zero attached hydrogens (tertiary/aromatic N) is 6. The van der Waals surface area contributed by atoms with Crippen LogP contribution in [-0.4, -0.2) is 63.4 Å². The summed E-state index contributed by atoms with van der Waals surface area (Å²) in [6.45, 7) is 4.50. The highest BCUT2D eigenvalue weighted by molar-refractivity contribution is 5.95. The molecular weight excluding hydrogens is 332 g/mol. The summed E-state index contributed by atoms with van der Waals surface area (Å²) in [6.07, 6.45) is 5.31. The van der Waals surface area contributed by atoms with Crippen molar-refractivity contribution in [1.82, 2.24) is 24.3 Å². The number of imidazole rings is 1. The Bertz CT molecular complexity index is 932. The zero-order valence-electron chi connectivity index (χ0n) is 14.8. The molecule has 0 aromatic carbocycles. The molecule has 4 rings (SSSR count). The molecule has 0 N–H and O–H groups in total. The number of methoxy groups -OCH3 is 1. The van der Waals surface area contributed by atoms with Gasteiger partial charge >= 0.3 is 0 Å². The Morgan fingerprint density at radius 1 is 1.12 bits per heavy atom. The smallest absolute Gasteiger partial charge is 0.272 e. The van der Waals surface area contributed by atoms with Gasteiger partial charge in [0.1, 0.15) is 5.69 Å². The van der Waals surface area contributed by atoms with E-state index in [0.29, 0.717) is 54.9 Å². The van der Waals surface area contributed by atoms with Crippen LogP contribution in [0.2, 0.25) is 0 Å². The summed E-state index contributed by atoms with van der Waals surface area (Å²) in [6, 6.07) is 5.49. The Morgan fingerprint density at radius 2 is 1.85 bits per heavy atom. The Kier molecular flexibility index (Phi) is 4.16. The number of hydrogen-bond acceptors (Lipinski definition) is 6. The highest BCUT2D eigenvalue weighted by atomic mass is 16.5. The normalized spacial score (nSPS) is 14.7. The molecule has 1 aliphatic rings. The molecular formula is C18H20N6O2. The number of rotatable bonds is 3. The lowest BCUT2D eigenvalue weighted by atomic mass is 10.2. The van der Waals surface area contributed by atoms with Crippen LogP contribution in [0.5, 0.6) is 5.75 Å². The van der Waals surface area contributed by atoms with E-state index in [0.717, 1.165) is 0 Å². The molecule has 8 heteroatoms. The number of ether oxygens (including phenoxy) is 1. The third kappa shape index (κ3) is 2.73. The quantitative estimate of drug-likeness (QED) is 0.709. The standard InChI is InChI=1S/C18H20N6O2/c1-13-15(24-8-3-5-14(26-2)16(24)21-13)17(25)22-9-11-23(12-10-22)18-19-6-4-7-20-18/h3-8H,9-12H2,1-2H3. The lowest BCUT2D eigenvalue weighted by Crippen LogP contribution is -2.49. The Morgan fingerprint density at radius 3 is 2.54 bits per heavy atom. The van der Waals surface area contributed by atoms with Gasteiger partial charge in [0, 0.05) is 44.8 Å². The summed E-state index contributed by atoms with van der Waals surface area (Å²) in [7, 11) is 1.60. The maximum atomic E-state index is 13.1. The van der Waals surface area contributed by atoms with Gasteiger partial charge in [0.2, 0.25) is 5.95 Å². The maximum absolute atomic E-state index is 13.1. The minimum absolute atomic E-state index is 0.0168. The van der Waals surface area contributed by atoms with E-state index in [-0.39, 0.29) is 5.91 Å². The average molecular weight is 352 g/mol. The van der Waals surface area contributed by atoms with Crippen LogP contribution in [0.3, 0.4) is 0 Å². The molecule has 3 aromatic rings. The second-order valence-corrected chi connectivity index (χ2v) is 6.14. The minimum Gasteiger partial charge on any atom is -0.493 e. The van der Waals surface area contributed by atoms with E-state index < -0.39 is 0 Å². The van der Waals surface area contributed by atoms with E-state index in [1.807, 2.05) is 34.6 Å². The molecule has 0 unspecified atom stereocenters. The van der Waals surface area contributed by atoms with Gasteiger partial charge in [-0.25, -0.2) is 15.0 Å². The van der Waals surface area contributed by atoms with Crippen LogP contribution in [0.1, 0.15) is 16.2 Å². The molecule has 26 heavy (non-hydrogen) atoms. The van der Waals surface area contributed by atoms with E-state index >= 15 is 0 Å². The Balaban J connectivity index is 1.56. The molecule has 0 radical (unpaired) electrons. The van der Waals surface area contributed by atoms with E-state index in [9.17, 15) is 4.79 Å². The second kappa shape index (κ2) is 6.62. The fourth-order valence-electron chi connectivity index (χ4n) is 3.29. The monoisotopic (exact) mass is 352 g/mol. The number of carbonyl (C=O) groups excluding carboxylic acids is 1. The molecule has 0 bridgehead atoms. The van der Waals surface area contributed by atoms with E-state index in [1.54, 1.807) is 25.6 Å². The summed E-state index contributed by atoms with van der Waals surface area (Å²) < 4.78 is 7.16. The van der Waals surface area contributed by atoms with E-state index in [1.165, 1.54) is 0 Å². The summed E-state index contributed by atoms with van der Waals surface area (Å²) in [5.41, 5.74) is 1.95. The van der Waals surface area contributed by atoms with Crippen molar-refractivity contribution in [3.63, 3.8) is 0 Å². The van der Waals surface area contributed by atoms with Crippen LogP contribution in [0.4, 0.5) is 5.95 Å². The Labute approximate surface area is 151 Å². The molecule has 134 valence electrons.